The number of benzene rings is 1. The first-order valence-corrected chi connectivity index (χ1v) is 5.23. The third-order valence-corrected chi connectivity index (χ3v) is 2.61. The molecule has 0 N–H and O–H groups in total. The Bertz CT molecular complexity index is 415. The van der Waals surface area contributed by atoms with Crippen LogP contribution in [0.2, 0.25) is 0 Å². The molecule has 0 aliphatic rings. The number of halogens is 5. The van der Waals surface area contributed by atoms with Gasteiger partial charge in [0, 0.05) is 0 Å². The SMILES string of the molecule is N#Cc1ccccc1S(F)(F)(F)(F)F. The van der Waals surface area contributed by atoms with Crippen LogP contribution in [0.1, 0.15) is 5.56 Å². The van der Waals surface area contributed by atoms with Gasteiger partial charge in [-0.3, -0.25) is 0 Å². The number of nitrogens with zero attached hydrogens (tertiary/aromatic N) is 1. The van der Waals surface area contributed by atoms with E-state index in [1.54, 1.807) is 0 Å². The third-order valence-electron chi connectivity index (χ3n) is 1.42. The Morgan fingerprint density at radius 2 is 1.50 bits per heavy atom. The van der Waals surface area contributed by atoms with Gasteiger partial charge >= 0.3 is 10.2 Å². The monoisotopic (exact) mass is 229 g/mol. The van der Waals surface area contributed by atoms with E-state index in [1.807, 2.05) is 0 Å². The van der Waals surface area contributed by atoms with Crippen molar-refractivity contribution in [1.29, 1.82) is 5.26 Å². The van der Waals surface area contributed by atoms with Crippen LogP contribution in [0.3, 0.4) is 0 Å². The van der Waals surface area contributed by atoms with E-state index < -0.39 is 20.7 Å². The maximum atomic E-state index is 12.2. The molecule has 1 rings (SSSR count). The normalized spacial score (nSPS) is 16.6. The van der Waals surface area contributed by atoms with E-state index in [1.165, 1.54) is 0 Å². The minimum Gasteiger partial charge on any atom is -0.192 e. The van der Waals surface area contributed by atoms with Gasteiger partial charge in [-0.2, -0.15) is 5.26 Å². The van der Waals surface area contributed by atoms with Crippen LogP contribution in [-0.2, 0) is 0 Å². The lowest BCUT2D eigenvalue weighted by Crippen LogP contribution is -2.07. The summed E-state index contributed by atoms with van der Waals surface area (Å²) in [4.78, 5) is -2.13. The zero-order valence-corrected chi connectivity index (χ0v) is 7.37. The van der Waals surface area contributed by atoms with E-state index in [0.29, 0.717) is 6.07 Å². The third kappa shape index (κ3) is 2.14. The van der Waals surface area contributed by atoms with Crippen molar-refractivity contribution >= 4 is 10.2 Å². The second-order valence-electron chi connectivity index (χ2n) is 2.58. The minimum absolute atomic E-state index is 0.208. The van der Waals surface area contributed by atoms with Gasteiger partial charge in [0.05, 0.1) is 5.56 Å². The van der Waals surface area contributed by atoms with Crippen LogP contribution < -0.4 is 0 Å². The zero-order chi connectivity index (χ0) is 11.1. The molecule has 0 unspecified atom stereocenters. The van der Waals surface area contributed by atoms with Crippen molar-refractivity contribution in [1.82, 2.24) is 0 Å². The average Bonchev–Trinajstić information content (AvgIpc) is 2.00. The molecule has 0 aliphatic heterocycles. The molecule has 0 radical (unpaired) electrons. The van der Waals surface area contributed by atoms with Crippen LogP contribution in [0, 0.1) is 11.3 Å². The van der Waals surface area contributed by atoms with E-state index in [2.05, 4.69) is 0 Å². The lowest BCUT2D eigenvalue weighted by atomic mass is 10.2. The highest BCUT2D eigenvalue weighted by atomic mass is 32.5. The van der Waals surface area contributed by atoms with Crippen molar-refractivity contribution in [2.45, 2.75) is 4.90 Å². The Hall–Kier alpha value is -1.29. The predicted octanol–water partition coefficient (Wildman–Crippen LogP) is 4.22. The molecule has 7 heteroatoms. The number of hydrogen-bond donors (Lipinski definition) is 0. The van der Waals surface area contributed by atoms with Crippen molar-refractivity contribution in [3.8, 4) is 6.07 Å². The topological polar surface area (TPSA) is 23.8 Å². The second-order valence-corrected chi connectivity index (χ2v) is 4.95. The summed E-state index contributed by atoms with van der Waals surface area (Å²) in [6.45, 7) is 0. The van der Waals surface area contributed by atoms with Crippen LogP contribution in [-0.4, -0.2) is 0 Å². The van der Waals surface area contributed by atoms with E-state index in [9.17, 15) is 19.4 Å². The number of hydrogen-bond acceptors (Lipinski definition) is 1. The summed E-state index contributed by atoms with van der Waals surface area (Å²) in [7, 11) is -9.72. The highest BCUT2D eigenvalue weighted by molar-refractivity contribution is 8.45. The molecule has 0 fully saturated rings. The van der Waals surface area contributed by atoms with Gasteiger partial charge in [-0.1, -0.05) is 31.6 Å². The van der Waals surface area contributed by atoms with Gasteiger partial charge in [0.1, 0.15) is 11.0 Å². The Balaban J connectivity index is 3.60. The Labute approximate surface area is 76.5 Å². The van der Waals surface area contributed by atoms with Gasteiger partial charge in [0.15, 0.2) is 0 Å². The summed E-state index contributed by atoms with van der Waals surface area (Å²) in [6.07, 6.45) is 0. The van der Waals surface area contributed by atoms with Crippen LogP contribution in [0.4, 0.5) is 19.4 Å². The van der Waals surface area contributed by atoms with E-state index in [-0.39, 0.29) is 6.07 Å². The fraction of sp³-hybridized carbons (Fsp3) is 0. The molecule has 0 aromatic heterocycles. The smallest absolute Gasteiger partial charge is 0.192 e. The first kappa shape index (κ1) is 10.8. The van der Waals surface area contributed by atoms with E-state index in [0.717, 1.165) is 18.2 Å². The molecule has 78 valence electrons. The fourth-order valence-electron chi connectivity index (χ4n) is 0.895. The molecular weight excluding hydrogens is 225 g/mol. The van der Waals surface area contributed by atoms with Crippen molar-refractivity contribution in [3.05, 3.63) is 29.8 Å². The Morgan fingerprint density at radius 1 is 1.00 bits per heavy atom. The summed E-state index contributed by atoms with van der Waals surface area (Å²) in [5.41, 5.74) is -1.06. The highest BCUT2D eigenvalue weighted by Gasteiger charge is 2.66. The van der Waals surface area contributed by atoms with Crippen LogP contribution in [0.5, 0.6) is 0 Å². The Morgan fingerprint density at radius 3 is 1.86 bits per heavy atom. The standard InChI is InChI=1S/C7H4F5NS/c8-14(9,10,11,12)7-4-2-1-3-6(7)5-13/h1-4H. The molecule has 1 nitrogen and oxygen atoms in total. The van der Waals surface area contributed by atoms with Gasteiger partial charge in [-0.05, 0) is 12.1 Å². The molecule has 0 bridgehead atoms. The summed E-state index contributed by atoms with van der Waals surface area (Å²) in [5.74, 6) is 0. The second kappa shape index (κ2) is 2.20. The van der Waals surface area contributed by atoms with Crippen LogP contribution >= 0.6 is 10.2 Å². The maximum absolute atomic E-state index is 12.2. The molecule has 0 saturated heterocycles. The van der Waals surface area contributed by atoms with Gasteiger partial charge in [0.25, 0.3) is 0 Å². The Kier molecular flexibility index (Phi) is 1.70. The number of nitriles is 1. The van der Waals surface area contributed by atoms with Crippen molar-refractivity contribution in [2.24, 2.45) is 0 Å². The summed E-state index contributed by atoms with van der Waals surface area (Å²) < 4.78 is 61.2. The van der Waals surface area contributed by atoms with Crippen molar-refractivity contribution < 1.29 is 19.4 Å². The summed E-state index contributed by atoms with van der Waals surface area (Å²) in [6, 6.07) is 3.89. The summed E-state index contributed by atoms with van der Waals surface area (Å²) in [5, 5.41) is 8.25. The first-order valence-electron chi connectivity index (χ1n) is 3.28. The van der Waals surface area contributed by atoms with E-state index >= 15 is 0 Å². The van der Waals surface area contributed by atoms with Crippen LogP contribution in [0.15, 0.2) is 29.2 Å². The summed E-state index contributed by atoms with van der Waals surface area (Å²) >= 11 is 0. The minimum atomic E-state index is -9.72. The largest absolute Gasteiger partial charge is 0.311 e. The molecule has 0 saturated carbocycles. The molecule has 0 amide bonds. The van der Waals surface area contributed by atoms with Crippen molar-refractivity contribution in [2.75, 3.05) is 0 Å². The quantitative estimate of drug-likeness (QED) is 0.661. The van der Waals surface area contributed by atoms with E-state index in [4.69, 9.17) is 5.26 Å². The molecule has 0 atom stereocenters. The van der Waals surface area contributed by atoms with Crippen molar-refractivity contribution in [3.63, 3.8) is 0 Å². The highest BCUT2D eigenvalue weighted by Crippen LogP contribution is 3.02. The van der Waals surface area contributed by atoms with Gasteiger partial charge < -0.3 is 0 Å². The molecule has 0 spiro atoms. The lowest BCUT2D eigenvalue weighted by Gasteiger charge is -2.40. The fourth-order valence-corrected chi connectivity index (χ4v) is 1.76. The predicted molar refractivity (Wildman–Crippen MR) is 42.6 cm³/mol. The zero-order valence-electron chi connectivity index (χ0n) is 6.55. The molecule has 0 aliphatic carbocycles. The molecular formula is C7H4F5NS. The van der Waals surface area contributed by atoms with Gasteiger partial charge in [-0.25, -0.2) is 0 Å². The molecule has 1 aromatic carbocycles. The average molecular weight is 229 g/mol. The van der Waals surface area contributed by atoms with Crippen LogP contribution in [0.25, 0.3) is 0 Å². The molecule has 14 heavy (non-hydrogen) atoms. The molecule has 0 heterocycles. The lowest BCUT2D eigenvalue weighted by molar-refractivity contribution is 0.363. The van der Waals surface area contributed by atoms with Gasteiger partial charge in [0.2, 0.25) is 0 Å². The maximum Gasteiger partial charge on any atom is 0.311 e. The van der Waals surface area contributed by atoms with Gasteiger partial charge in [-0.15, -0.1) is 0 Å². The number of rotatable bonds is 1. The first-order chi connectivity index (χ1) is 6.04. The molecule has 1 aromatic rings.